The molecule has 0 saturated carbocycles. The van der Waals surface area contributed by atoms with Crippen LogP contribution in [0.15, 0.2) is 54.9 Å². The smallest absolute Gasteiger partial charge is 0.159 e. The number of nitrogens with zero attached hydrogens (tertiary/aromatic N) is 2. The van der Waals surface area contributed by atoms with E-state index in [4.69, 9.17) is 4.74 Å². The molecule has 0 spiro atoms. The fraction of sp³-hybridized carbons (Fsp3) is 0.222. The number of hydrogen-bond acceptors (Lipinski definition) is 4. The van der Waals surface area contributed by atoms with Gasteiger partial charge in [-0.05, 0) is 31.2 Å². The second-order valence-electron chi connectivity index (χ2n) is 5.43. The molecule has 0 unspecified atom stereocenters. The minimum atomic E-state index is -0.673. The zero-order chi connectivity index (χ0) is 16.2. The van der Waals surface area contributed by atoms with Crippen molar-refractivity contribution in [1.82, 2.24) is 9.55 Å². The third-order valence-electron chi connectivity index (χ3n) is 3.62. The maximum Gasteiger partial charge on any atom is 0.159 e. The van der Waals surface area contributed by atoms with Crippen molar-refractivity contribution < 1.29 is 14.6 Å². The van der Waals surface area contributed by atoms with E-state index in [1.165, 1.54) is 6.92 Å². The average Bonchev–Trinajstić information content (AvgIpc) is 2.96. The highest BCUT2D eigenvalue weighted by Crippen LogP contribution is 2.15. The Balaban J connectivity index is 1.62. The lowest BCUT2D eigenvalue weighted by atomic mass is 10.1. The molecule has 0 bridgehead atoms. The van der Waals surface area contributed by atoms with E-state index < -0.39 is 6.10 Å². The Morgan fingerprint density at radius 1 is 1.26 bits per heavy atom. The molecule has 1 N–H and O–H groups in total. The second kappa shape index (κ2) is 6.62. The van der Waals surface area contributed by atoms with Crippen LogP contribution in [0.5, 0.6) is 5.75 Å². The largest absolute Gasteiger partial charge is 0.491 e. The first-order valence-electron chi connectivity index (χ1n) is 7.45. The molecule has 5 heteroatoms. The number of aliphatic hydroxyl groups excluding tert-OH is 1. The zero-order valence-corrected chi connectivity index (χ0v) is 12.8. The van der Waals surface area contributed by atoms with Crippen LogP contribution in [0.4, 0.5) is 0 Å². The van der Waals surface area contributed by atoms with E-state index in [2.05, 4.69) is 4.98 Å². The van der Waals surface area contributed by atoms with Crippen LogP contribution in [0.25, 0.3) is 11.0 Å². The number of aromatic nitrogens is 2. The molecule has 0 saturated heterocycles. The first-order chi connectivity index (χ1) is 11.1. The summed E-state index contributed by atoms with van der Waals surface area (Å²) >= 11 is 0. The molecular formula is C18H18N2O3. The Bertz CT molecular complexity index is 826. The number of rotatable bonds is 6. The van der Waals surface area contributed by atoms with Gasteiger partial charge in [-0.2, -0.15) is 0 Å². The average molecular weight is 310 g/mol. The molecule has 3 aromatic rings. The summed E-state index contributed by atoms with van der Waals surface area (Å²) in [4.78, 5) is 15.7. The Labute approximate surface area is 134 Å². The van der Waals surface area contributed by atoms with Gasteiger partial charge in [-0.15, -0.1) is 0 Å². The minimum absolute atomic E-state index is 0.0131. The van der Waals surface area contributed by atoms with Gasteiger partial charge in [0.2, 0.25) is 0 Å². The molecule has 0 aliphatic heterocycles. The molecule has 0 aliphatic rings. The lowest BCUT2D eigenvalue weighted by molar-refractivity contribution is 0.0932. The van der Waals surface area contributed by atoms with E-state index in [0.29, 0.717) is 17.9 Å². The van der Waals surface area contributed by atoms with Gasteiger partial charge in [0.25, 0.3) is 0 Å². The van der Waals surface area contributed by atoms with Crippen molar-refractivity contribution in [2.45, 2.75) is 19.6 Å². The molecule has 2 aromatic carbocycles. The van der Waals surface area contributed by atoms with Crippen molar-refractivity contribution in [3.8, 4) is 5.75 Å². The lowest BCUT2D eigenvalue weighted by Crippen LogP contribution is -2.23. The number of ether oxygens (including phenoxy) is 1. The number of para-hydroxylation sites is 2. The van der Waals surface area contributed by atoms with Gasteiger partial charge in [-0.1, -0.05) is 24.3 Å². The summed E-state index contributed by atoms with van der Waals surface area (Å²) in [5.41, 5.74) is 2.47. The van der Waals surface area contributed by atoms with E-state index in [1.54, 1.807) is 30.6 Å². The number of hydrogen-bond donors (Lipinski definition) is 1. The van der Waals surface area contributed by atoms with Gasteiger partial charge in [0.05, 0.1) is 23.9 Å². The summed E-state index contributed by atoms with van der Waals surface area (Å²) in [6.45, 7) is 2.05. The van der Waals surface area contributed by atoms with E-state index in [9.17, 15) is 9.90 Å². The summed E-state index contributed by atoms with van der Waals surface area (Å²) in [5, 5.41) is 10.2. The number of fused-ring (bicyclic) bond motifs is 1. The maximum absolute atomic E-state index is 11.4. The van der Waals surface area contributed by atoms with E-state index in [0.717, 1.165) is 11.0 Å². The minimum Gasteiger partial charge on any atom is -0.491 e. The third-order valence-corrected chi connectivity index (χ3v) is 3.62. The Morgan fingerprint density at radius 2 is 2.09 bits per heavy atom. The summed E-state index contributed by atoms with van der Waals surface area (Å²) in [5.74, 6) is 0.563. The van der Waals surface area contributed by atoms with Gasteiger partial charge < -0.3 is 14.4 Å². The first kappa shape index (κ1) is 15.2. The standard InChI is InChI=1S/C18H18N2O3/c1-13(21)14-5-4-6-16(9-14)23-11-15(22)10-20-12-19-17-7-2-3-8-18(17)20/h2-9,12,15,22H,10-11H2,1H3/t15-/m1/s1. The number of benzene rings is 2. The topological polar surface area (TPSA) is 64.3 Å². The third kappa shape index (κ3) is 3.57. The van der Waals surface area contributed by atoms with Crippen LogP contribution in [0.3, 0.4) is 0 Å². The number of carbonyl (C=O) groups is 1. The van der Waals surface area contributed by atoms with Crippen molar-refractivity contribution in [2.75, 3.05) is 6.61 Å². The quantitative estimate of drug-likeness (QED) is 0.711. The van der Waals surface area contributed by atoms with Crippen molar-refractivity contribution >= 4 is 16.8 Å². The molecule has 118 valence electrons. The Kier molecular flexibility index (Phi) is 4.39. The SMILES string of the molecule is CC(=O)c1cccc(OC[C@H](O)Cn2cnc3ccccc32)c1. The van der Waals surface area contributed by atoms with Crippen LogP contribution in [0.2, 0.25) is 0 Å². The Hall–Kier alpha value is -2.66. The summed E-state index contributed by atoms with van der Waals surface area (Å²) < 4.78 is 7.48. The van der Waals surface area contributed by atoms with Crippen LogP contribution >= 0.6 is 0 Å². The molecule has 0 aliphatic carbocycles. The van der Waals surface area contributed by atoms with Gasteiger partial charge in [0, 0.05) is 5.56 Å². The molecule has 1 heterocycles. The monoisotopic (exact) mass is 310 g/mol. The number of aliphatic hydroxyl groups is 1. The number of imidazole rings is 1. The molecule has 1 atom stereocenters. The molecule has 23 heavy (non-hydrogen) atoms. The van der Waals surface area contributed by atoms with Gasteiger partial charge in [0.1, 0.15) is 18.5 Å². The predicted octanol–water partition coefficient (Wildman–Crippen LogP) is 2.68. The predicted molar refractivity (Wildman–Crippen MR) is 87.7 cm³/mol. The molecular weight excluding hydrogens is 292 g/mol. The van der Waals surface area contributed by atoms with Gasteiger partial charge >= 0.3 is 0 Å². The fourth-order valence-electron chi connectivity index (χ4n) is 2.43. The van der Waals surface area contributed by atoms with Crippen LogP contribution < -0.4 is 4.74 Å². The number of carbonyl (C=O) groups excluding carboxylic acids is 1. The highest BCUT2D eigenvalue weighted by Gasteiger charge is 2.10. The van der Waals surface area contributed by atoms with Crippen molar-refractivity contribution in [1.29, 1.82) is 0 Å². The lowest BCUT2D eigenvalue weighted by Gasteiger charge is -2.14. The maximum atomic E-state index is 11.4. The summed E-state index contributed by atoms with van der Waals surface area (Å²) in [7, 11) is 0. The molecule has 5 nitrogen and oxygen atoms in total. The second-order valence-corrected chi connectivity index (χ2v) is 5.43. The normalized spacial score (nSPS) is 12.3. The van der Waals surface area contributed by atoms with Crippen molar-refractivity contribution in [2.24, 2.45) is 0 Å². The molecule has 0 fully saturated rings. The van der Waals surface area contributed by atoms with Gasteiger partial charge in [0.15, 0.2) is 5.78 Å². The number of Topliss-reactive ketones (excluding diaryl/α,β-unsaturated/α-hetero) is 1. The van der Waals surface area contributed by atoms with Crippen molar-refractivity contribution in [3.63, 3.8) is 0 Å². The summed E-state index contributed by atoms with van der Waals surface area (Å²) in [6.07, 6.45) is 1.04. The van der Waals surface area contributed by atoms with Crippen LogP contribution in [-0.4, -0.2) is 33.2 Å². The van der Waals surface area contributed by atoms with Crippen LogP contribution in [0, 0.1) is 0 Å². The molecule has 0 radical (unpaired) electrons. The molecule has 3 rings (SSSR count). The van der Waals surface area contributed by atoms with Gasteiger partial charge in [-0.25, -0.2) is 4.98 Å². The van der Waals surface area contributed by atoms with E-state index in [-0.39, 0.29) is 12.4 Å². The first-order valence-corrected chi connectivity index (χ1v) is 7.45. The van der Waals surface area contributed by atoms with Gasteiger partial charge in [-0.3, -0.25) is 4.79 Å². The zero-order valence-electron chi connectivity index (χ0n) is 12.8. The highest BCUT2D eigenvalue weighted by atomic mass is 16.5. The van der Waals surface area contributed by atoms with E-state index >= 15 is 0 Å². The number of ketones is 1. The van der Waals surface area contributed by atoms with Crippen LogP contribution in [-0.2, 0) is 6.54 Å². The van der Waals surface area contributed by atoms with Crippen molar-refractivity contribution in [3.05, 3.63) is 60.4 Å². The molecule has 1 aromatic heterocycles. The Morgan fingerprint density at radius 3 is 2.91 bits per heavy atom. The van der Waals surface area contributed by atoms with E-state index in [1.807, 2.05) is 28.8 Å². The summed E-state index contributed by atoms with van der Waals surface area (Å²) in [6, 6.07) is 14.7. The highest BCUT2D eigenvalue weighted by molar-refractivity contribution is 5.94. The van der Waals surface area contributed by atoms with Crippen LogP contribution in [0.1, 0.15) is 17.3 Å². The molecule has 0 amide bonds. The fourth-order valence-corrected chi connectivity index (χ4v) is 2.43.